The highest BCUT2D eigenvalue weighted by Crippen LogP contribution is 2.34. The predicted molar refractivity (Wildman–Crippen MR) is 121 cm³/mol. The lowest BCUT2D eigenvalue weighted by Crippen LogP contribution is -2.37. The number of aromatic hydroxyl groups is 1. The van der Waals surface area contributed by atoms with Crippen LogP contribution in [0.3, 0.4) is 0 Å². The number of hydrogen-bond acceptors (Lipinski definition) is 4. The van der Waals surface area contributed by atoms with E-state index < -0.39 is 5.82 Å². The molecule has 6 rings (SSSR count). The maximum Gasteiger partial charge on any atom is 0.318 e. The van der Waals surface area contributed by atoms with E-state index in [1.165, 1.54) is 12.1 Å². The van der Waals surface area contributed by atoms with E-state index in [1.807, 2.05) is 25.1 Å². The van der Waals surface area contributed by atoms with Crippen LogP contribution in [-0.4, -0.2) is 42.2 Å². The average molecular weight is 446 g/mol. The van der Waals surface area contributed by atoms with Crippen molar-refractivity contribution in [1.82, 2.24) is 30.4 Å². The molecular formula is C24H23FN6O2. The summed E-state index contributed by atoms with van der Waals surface area (Å²) in [7, 11) is 0. The second kappa shape index (κ2) is 7.33. The zero-order valence-corrected chi connectivity index (χ0v) is 18.1. The third kappa shape index (κ3) is 3.40. The van der Waals surface area contributed by atoms with Gasteiger partial charge in [-0.25, -0.2) is 14.2 Å². The van der Waals surface area contributed by atoms with Gasteiger partial charge in [0, 0.05) is 11.4 Å². The molecule has 0 radical (unpaired) electrons. The minimum Gasteiger partial charge on any atom is -0.505 e. The fourth-order valence-electron chi connectivity index (χ4n) is 4.42. The number of fused-ring (bicyclic) bond motifs is 2. The van der Waals surface area contributed by atoms with E-state index in [-0.39, 0.29) is 11.8 Å². The van der Waals surface area contributed by atoms with Crippen molar-refractivity contribution in [3.05, 3.63) is 53.1 Å². The second-order valence-electron chi connectivity index (χ2n) is 8.74. The van der Waals surface area contributed by atoms with E-state index in [9.17, 15) is 14.3 Å². The first-order chi connectivity index (χ1) is 16.0. The van der Waals surface area contributed by atoms with Crippen molar-refractivity contribution in [3.8, 4) is 28.4 Å². The minimum absolute atomic E-state index is 0.0414. The van der Waals surface area contributed by atoms with Crippen LogP contribution < -0.4 is 5.32 Å². The van der Waals surface area contributed by atoms with E-state index in [1.54, 1.807) is 4.90 Å². The van der Waals surface area contributed by atoms with E-state index >= 15 is 0 Å². The third-order valence-electron chi connectivity index (χ3n) is 6.40. The van der Waals surface area contributed by atoms with Crippen LogP contribution in [0, 0.1) is 5.82 Å². The van der Waals surface area contributed by atoms with Crippen LogP contribution in [0.4, 0.5) is 9.18 Å². The molecule has 33 heavy (non-hydrogen) atoms. The number of aromatic amines is 2. The molecular weight excluding hydrogens is 423 g/mol. The molecule has 2 aromatic heterocycles. The Morgan fingerprint density at radius 2 is 2.12 bits per heavy atom. The highest BCUT2D eigenvalue weighted by Gasteiger charge is 2.31. The molecule has 1 saturated carbocycles. The van der Waals surface area contributed by atoms with E-state index in [0.717, 1.165) is 51.8 Å². The van der Waals surface area contributed by atoms with Gasteiger partial charge >= 0.3 is 6.03 Å². The van der Waals surface area contributed by atoms with Crippen molar-refractivity contribution < 1.29 is 14.3 Å². The first-order valence-corrected chi connectivity index (χ1v) is 11.1. The van der Waals surface area contributed by atoms with Gasteiger partial charge in [0.25, 0.3) is 0 Å². The fourth-order valence-corrected chi connectivity index (χ4v) is 4.42. The monoisotopic (exact) mass is 446 g/mol. The molecule has 1 aliphatic carbocycles. The molecule has 0 spiro atoms. The molecule has 3 heterocycles. The molecule has 1 fully saturated rings. The first kappa shape index (κ1) is 19.8. The highest BCUT2D eigenvalue weighted by atomic mass is 19.1. The Morgan fingerprint density at radius 3 is 2.88 bits per heavy atom. The summed E-state index contributed by atoms with van der Waals surface area (Å²) in [6.07, 6.45) is 2.79. The number of rotatable bonds is 4. The third-order valence-corrected chi connectivity index (χ3v) is 6.40. The number of amides is 2. The molecule has 4 aromatic rings. The first-order valence-electron chi connectivity index (χ1n) is 11.1. The Kier molecular flexibility index (Phi) is 4.39. The van der Waals surface area contributed by atoms with Crippen molar-refractivity contribution in [2.24, 2.45) is 0 Å². The predicted octanol–water partition coefficient (Wildman–Crippen LogP) is 4.21. The Labute approximate surface area is 188 Å². The molecule has 0 bridgehead atoms. The molecule has 0 atom stereocenters. The lowest BCUT2D eigenvalue weighted by Gasteiger charge is -2.15. The molecule has 1 aliphatic heterocycles. The summed E-state index contributed by atoms with van der Waals surface area (Å²) in [6.45, 7) is 2.94. The van der Waals surface area contributed by atoms with E-state index in [2.05, 4.69) is 20.5 Å². The van der Waals surface area contributed by atoms with Crippen LogP contribution >= 0.6 is 0 Å². The van der Waals surface area contributed by atoms with Crippen LogP contribution in [0.1, 0.15) is 36.7 Å². The number of halogens is 1. The normalized spacial score (nSPS) is 15.3. The number of nitrogens with zero attached hydrogens (tertiary/aromatic N) is 3. The summed E-state index contributed by atoms with van der Waals surface area (Å²) in [6, 6.07) is 8.92. The largest absolute Gasteiger partial charge is 0.505 e. The number of hydrogen-bond donors (Lipinski definition) is 4. The number of aromatic nitrogens is 4. The Hall–Kier alpha value is -3.88. The van der Waals surface area contributed by atoms with Gasteiger partial charge in [-0.2, -0.15) is 5.10 Å². The van der Waals surface area contributed by atoms with Crippen LogP contribution in [0.25, 0.3) is 33.5 Å². The lowest BCUT2D eigenvalue weighted by atomic mass is 9.96. The van der Waals surface area contributed by atoms with Gasteiger partial charge in [-0.05, 0) is 60.2 Å². The molecule has 9 heteroatoms. The Bertz CT molecular complexity index is 1380. The van der Waals surface area contributed by atoms with Gasteiger partial charge in [-0.1, -0.05) is 13.0 Å². The number of carbonyl (C=O) groups is 1. The van der Waals surface area contributed by atoms with E-state index in [4.69, 9.17) is 4.98 Å². The van der Waals surface area contributed by atoms with Crippen LogP contribution in [0.15, 0.2) is 30.3 Å². The second-order valence-corrected chi connectivity index (χ2v) is 8.74. The topological polar surface area (TPSA) is 110 Å². The van der Waals surface area contributed by atoms with Crippen LogP contribution in [0.5, 0.6) is 5.75 Å². The number of aryl methyl sites for hydroxylation is 1. The minimum atomic E-state index is -0.641. The molecule has 0 unspecified atom stereocenters. The van der Waals surface area contributed by atoms with Crippen molar-refractivity contribution in [1.29, 1.82) is 0 Å². The summed E-state index contributed by atoms with van der Waals surface area (Å²) in [4.78, 5) is 22.1. The zero-order valence-electron chi connectivity index (χ0n) is 18.1. The van der Waals surface area contributed by atoms with Crippen molar-refractivity contribution in [2.75, 3.05) is 0 Å². The van der Waals surface area contributed by atoms with Crippen LogP contribution in [0.2, 0.25) is 0 Å². The van der Waals surface area contributed by atoms with Gasteiger partial charge in [0.1, 0.15) is 5.69 Å². The number of H-pyrrole nitrogens is 2. The van der Waals surface area contributed by atoms with Gasteiger partial charge in [0.15, 0.2) is 17.4 Å². The lowest BCUT2D eigenvalue weighted by molar-refractivity contribution is 0.197. The molecule has 2 aromatic carbocycles. The Morgan fingerprint density at radius 1 is 1.27 bits per heavy atom. The highest BCUT2D eigenvalue weighted by molar-refractivity contribution is 5.94. The molecule has 4 N–H and O–H groups in total. The number of phenols is 1. The molecule has 168 valence electrons. The number of carbonyl (C=O) groups excluding carboxylic acids is 1. The fraction of sp³-hybridized carbons (Fsp3) is 0.292. The van der Waals surface area contributed by atoms with Gasteiger partial charge in [0.05, 0.1) is 30.0 Å². The van der Waals surface area contributed by atoms with Crippen molar-refractivity contribution in [3.63, 3.8) is 0 Å². The maximum absolute atomic E-state index is 14.0. The van der Waals surface area contributed by atoms with Gasteiger partial charge in [-0.15, -0.1) is 0 Å². The number of phenolic OH excluding ortho intramolecular Hbond substituents is 1. The smallest absolute Gasteiger partial charge is 0.318 e. The van der Waals surface area contributed by atoms with Crippen LogP contribution in [-0.2, 0) is 19.5 Å². The SMILES string of the molecule is CCc1cc(O)c(F)cc1-c1ccc2c(-c3nc4c([nH]3)CN(C(=O)NC3CC3)C4)n[nH]c2c1. The quantitative estimate of drug-likeness (QED) is 0.376. The van der Waals surface area contributed by atoms with Crippen molar-refractivity contribution >= 4 is 16.9 Å². The zero-order chi connectivity index (χ0) is 22.7. The summed E-state index contributed by atoms with van der Waals surface area (Å²) < 4.78 is 14.0. The Balaban J connectivity index is 1.29. The van der Waals surface area contributed by atoms with Gasteiger partial charge in [-0.3, -0.25) is 5.10 Å². The number of benzene rings is 2. The number of urea groups is 1. The molecule has 2 aliphatic rings. The summed E-state index contributed by atoms with van der Waals surface area (Å²) in [5.41, 5.74) is 5.74. The molecule has 2 amide bonds. The van der Waals surface area contributed by atoms with Gasteiger partial charge < -0.3 is 20.3 Å². The molecule has 0 saturated heterocycles. The van der Waals surface area contributed by atoms with Crippen molar-refractivity contribution in [2.45, 2.75) is 45.3 Å². The summed E-state index contributed by atoms with van der Waals surface area (Å²) in [5, 5.41) is 21.1. The average Bonchev–Trinajstić information content (AvgIpc) is 3.19. The maximum atomic E-state index is 14.0. The summed E-state index contributed by atoms with van der Waals surface area (Å²) >= 11 is 0. The standard InChI is InChI=1S/C24H23FN6O2/c1-2-12-8-21(32)17(25)9-16(12)13-3-6-15-18(7-13)29-30-22(15)23-27-19-10-31(11-20(19)28-23)24(33)26-14-4-5-14/h3,6-9,14,32H,2,4-5,10-11H2,1H3,(H,26,33)(H,27,28)(H,29,30). The number of imidazole rings is 1. The van der Waals surface area contributed by atoms with Gasteiger partial charge in [0.2, 0.25) is 0 Å². The summed E-state index contributed by atoms with van der Waals surface area (Å²) in [5.74, 6) is -0.321. The molecule has 8 nitrogen and oxygen atoms in total. The van der Waals surface area contributed by atoms with E-state index in [0.29, 0.717) is 37.1 Å². The number of nitrogens with one attached hydrogen (secondary N) is 3.